The second-order valence-corrected chi connectivity index (χ2v) is 5.44. The van der Waals surface area contributed by atoms with Gasteiger partial charge in [0, 0.05) is 11.3 Å². The van der Waals surface area contributed by atoms with Gasteiger partial charge in [0.2, 0.25) is 5.91 Å². The van der Waals surface area contributed by atoms with Crippen molar-refractivity contribution in [3.05, 3.63) is 65.0 Å². The molecule has 0 unspecified atom stereocenters. The van der Waals surface area contributed by atoms with Crippen LogP contribution in [0, 0.1) is 12.7 Å². The molecular weight excluding hydrogens is 327 g/mol. The van der Waals surface area contributed by atoms with Crippen LogP contribution in [-0.2, 0) is 9.53 Å². The lowest BCUT2D eigenvalue weighted by Gasteiger charge is -2.14. The van der Waals surface area contributed by atoms with Crippen LogP contribution in [0.2, 0.25) is 0 Å². The normalized spacial score (nSPS) is 11.5. The van der Waals surface area contributed by atoms with Crippen molar-refractivity contribution in [3.8, 4) is 0 Å². The Morgan fingerprint density at radius 3 is 2.24 bits per heavy atom. The molecule has 130 valence electrons. The molecule has 1 atom stereocenters. The van der Waals surface area contributed by atoms with Gasteiger partial charge in [-0.25, -0.2) is 9.18 Å². The van der Waals surface area contributed by atoms with Crippen molar-refractivity contribution < 1.29 is 23.5 Å². The highest BCUT2D eigenvalue weighted by atomic mass is 19.1. The summed E-state index contributed by atoms with van der Waals surface area (Å²) in [7, 11) is 0. The highest BCUT2D eigenvalue weighted by molar-refractivity contribution is 5.98. The molecule has 0 heterocycles. The third kappa shape index (κ3) is 4.63. The molecule has 0 spiro atoms. The molecule has 3 N–H and O–H groups in total. The van der Waals surface area contributed by atoms with Crippen LogP contribution in [0.25, 0.3) is 0 Å². The van der Waals surface area contributed by atoms with Crippen molar-refractivity contribution in [2.45, 2.75) is 20.0 Å². The Hall–Kier alpha value is -3.22. The van der Waals surface area contributed by atoms with Gasteiger partial charge in [0.25, 0.3) is 5.91 Å². The number of primary amides is 1. The number of carbonyl (C=O) groups is 3. The monoisotopic (exact) mass is 344 g/mol. The SMILES string of the molecule is Cc1ccc(C(=O)O[C@@H](C)C(=O)Nc2ccc(C(N)=O)cc2)cc1F. The first-order valence-electron chi connectivity index (χ1n) is 7.46. The van der Waals surface area contributed by atoms with E-state index in [0.717, 1.165) is 6.07 Å². The Morgan fingerprint density at radius 1 is 1.08 bits per heavy atom. The van der Waals surface area contributed by atoms with Crippen molar-refractivity contribution in [1.29, 1.82) is 0 Å². The number of halogens is 1. The quantitative estimate of drug-likeness (QED) is 0.814. The van der Waals surface area contributed by atoms with Gasteiger partial charge in [0.1, 0.15) is 5.82 Å². The second-order valence-electron chi connectivity index (χ2n) is 5.44. The summed E-state index contributed by atoms with van der Waals surface area (Å²) in [6, 6.07) is 9.87. The van der Waals surface area contributed by atoms with Crippen LogP contribution in [0.5, 0.6) is 0 Å². The Labute approximate surface area is 143 Å². The zero-order valence-electron chi connectivity index (χ0n) is 13.7. The molecule has 25 heavy (non-hydrogen) atoms. The highest BCUT2D eigenvalue weighted by Crippen LogP contribution is 2.13. The average Bonchev–Trinajstić information content (AvgIpc) is 2.57. The van der Waals surface area contributed by atoms with E-state index in [4.69, 9.17) is 10.5 Å². The predicted molar refractivity (Wildman–Crippen MR) is 89.6 cm³/mol. The summed E-state index contributed by atoms with van der Waals surface area (Å²) in [6.45, 7) is 2.97. The summed E-state index contributed by atoms with van der Waals surface area (Å²) < 4.78 is 18.5. The number of aryl methyl sites for hydroxylation is 1. The summed E-state index contributed by atoms with van der Waals surface area (Å²) in [5.41, 5.74) is 6.28. The molecule has 2 aromatic rings. The summed E-state index contributed by atoms with van der Waals surface area (Å²) in [5.74, 6) is -2.47. The largest absolute Gasteiger partial charge is 0.449 e. The first kappa shape index (κ1) is 18.1. The van der Waals surface area contributed by atoms with E-state index in [2.05, 4.69) is 5.32 Å². The predicted octanol–water partition coefficient (Wildman–Crippen LogP) is 2.42. The first-order chi connectivity index (χ1) is 11.8. The van der Waals surface area contributed by atoms with Gasteiger partial charge in [-0.05, 0) is 55.8 Å². The van der Waals surface area contributed by atoms with Gasteiger partial charge in [-0.15, -0.1) is 0 Å². The van der Waals surface area contributed by atoms with Crippen LogP contribution in [-0.4, -0.2) is 23.9 Å². The Balaban J connectivity index is 1.98. The minimum Gasteiger partial charge on any atom is -0.449 e. The third-order valence-electron chi connectivity index (χ3n) is 3.50. The lowest BCUT2D eigenvalue weighted by Crippen LogP contribution is -2.30. The first-order valence-corrected chi connectivity index (χ1v) is 7.46. The van der Waals surface area contributed by atoms with Crippen molar-refractivity contribution in [1.82, 2.24) is 0 Å². The van der Waals surface area contributed by atoms with Gasteiger partial charge >= 0.3 is 5.97 Å². The number of nitrogens with one attached hydrogen (secondary N) is 1. The molecule has 0 aliphatic rings. The van der Waals surface area contributed by atoms with Crippen molar-refractivity contribution in [2.24, 2.45) is 5.73 Å². The molecule has 0 aliphatic carbocycles. The number of hydrogen-bond acceptors (Lipinski definition) is 4. The Kier molecular flexibility index (Phi) is 5.49. The zero-order valence-corrected chi connectivity index (χ0v) is 13.7. The lowest BCUT2D eigenvalue weighted by molar-refractivity contribution is -0.123. The second kappa shape index (κ2) is 7.57. The third-order valence-corrected chi connectivity index (χ3v) is 3.50. The van der Waals surface area contributed by atoms with Crippen LogP contribution in [0.3, 0.4) is 0 Å². The van der Waals surface area contributed by atoms with E-state index < -0.39 is 29.7 Å². The van der Waals surface area contributed by atoms with E-state index in [9.17, 15) is 18.8 Å². The van der Waals surface area contributed by atoms with Crippen molar-refractivity contribution >= 4 is 23.5 Å². The molecule has 2 rings (SSSR count). The fraction of sp³-hybridized carbons (Fsp3) is 0.167. The summed E-state index contributed by atoms with van der Waals surface area (Å²) in [5, 5.41) is 2.54. The number of amides is 2. The number of nitrogens with two attached hydrogens (primary N) is 1. The summed E-state index contributed by atoms with van der Waals surface area (Å²) in [6.07, 6.45) is -1.09. The fourth-order valence-electron chi connectivity index (χ4n) is 1.96. The van der Waals surface area contributed by atoms with Gasteiger partial charge in [-0.3, -0.25) is 9.59 Å². The van der Waals surface area contributed by atoms with Gasteiger partial charge < -0.3 is 15.8 Å². The van der Waals surface area contributed by atoms with Crippen LogP contribution in [0.15, 0.2) is 42.5 Å². The van der Waals surface area contributed by atoms with Gasteiger partial charge in [-0.1, -0.05) is 6.07 Å². The molecule has 7 heteroatoms. The maximum absolute atomic E-state index is 13.5. The molecular formula is C18H17FN2O4. The van der Waals surface area contributed by atoms with E-state index in [1.165, 1.54) is 43.3 Å². The van der Waals surface area contributed by atoms with Crippen molar-refractivity contribution in [3.63, 3.8) is 0 Å². The Morgan fingerprint density at radius 2 is 1.68 bits per heavy atom. The number of anilines is 1. The van der Waals surface area contributed by atoms with Crippen LogP contribution in [0.1, 0.15) is 33.2 Å². The van der Waals surface area contributed by atoms with Gasteiger partial charge in [-0.2, -0.15) is 0 Å². The smallest absolute Gasteiger partial charge is 0.339 e. The number of carbonyl (C=O) groups excluding carboxylic acids is 3. The molecule has 0 fully saturated rings. The van der Waals surface area contributed by atoms with Crippen molar-refractivity contribution in [2.75, 3.05) is 5.32 Å². The molecule has 0 bridgehead atoms. The minimum absolute atomic E-state index is 0.0218. The van der Waals surface area contributed by atoms with Gasteiger partial charge in [0.05, 0.1) is 5.56 Å². The number of ether oxygens (including phenoxy) is 1. The standard InChI is InChI=1S/C18H17FN2O4/c1-10-3-4-13(9-15(10)19)18(24)25-11(2)17(23)21-14-7-5-12(6-8-14)16(20)22/h3-9,11H,1-2H3,(H2,20,22)(H,21,23)/t11-/m0/s1. The summed E-state index contributed by atoms with van der Waals surface area (Å²) >= 11 is 0. The molecule has 6 nitrogen and oxygen atoms in total. The molecule has 0 aliphatic heterocycles. The number of esters is 1. The molecule has 0 aromatic heterocycles. The number of rotatable bonds is 5. The van der Waals surface area contributed by atoms with E-state index >= 15 is 0 Å². The number of benzene rings is 2. The average molecular weight is 344 g/mol. The molecule has 2 amide bonds. The van der Waals surface area contributed by atoms with E-state index in [1.54, 1.807) is 6.92 Å². The summed E-state index contributed by atoms with van der Waals surface area (Å²) in [4.78, 5) is 35.0. The maximum Gasteiger partial charge on any atom is 0.339 e. The van der Waals surface area contributed by atoms with Gasteiger partial charge in [0.15, 0.2) is 6.10 Å². The molecule has 0 saturated heterocycles. The van der Waals surface area contributed by atoms with E-state index in [0.29, 0.717) is 16.8 Å². The van der Waals surface area contributed by atoms with Crippen LogP contribution in [0.4, 0.5) is 10.1 Å². The molecule has 2 aromatic carbocycles. The lowest BCUT2D eigenvalue weighted by atomic mass is 10.1. The molecule has 0 saturated carbocycles. The minimum atomic E-state index is -1.09. The zero-order chi connectivity index (χ0) is 18.6. The van der Waals surface area contributed by atoms with E-state index in [1.807, 2.05) is 0 Å². The van der Waals surface area contributed by atoms with Crippen LogP contribution >= 0.6 is 0 Å². The topological polar surface area (TPSA) is 98.5 Å². The van der Waals surface area contributed by atoms with Crippen LogP contribution < -0.4 is 11.1 Å². The fourth-order valence-corrected chi connectivity index (χ4v) is 1.96. The Bertz CT molecular complexity index is 818. The molecule has 0 radical (unpaired) electrons. The van der Waals surface area contributed by atoms with E-state index in [-0.39, 0.29) is 5.56 Å². The number of hydrogen-bond donors (Lipinski definition) is 2. The maximum atomic E-state index is 13.5. The highest BCUT2D eigenvalue weighted by Gasteiger charge is 2.19.